The second-order valence-corrected chi connectivity index (χ2v) is 3.39. The van der Waals surface area contributed by atoms with Crippen LogP contribution in [-0.2, 0) is 0 Å². The van der Waals surface area contributed by atoms with Gasteiger partial charge in [0.05, 0.1) is 0 Å². The van der Waals surface area contributed by atoms with Gasteiger partial charge in [0.25, 0.3) is 0 Å². The lowest BCUT2D eigenvalue weighted by Crippen LogP contribution is -1.71. The molecule has 0 amide bonds. The van der Waals surface area contributed by atoms with E-state index in [-0.39, 0.29) is 0 Å². The van der Waals surface area contributed by atoms with Crippen LogP contribution in [0.2, 0.25) is 0 Å². The van der Waals surface area contributed by atoms with E-state index in [0.717, 1.165) is 11.5 Å². The normalized spacial score (nSPS) is 22.3. The van der Waals surface area contributed by atoms with Gasteiger partial charge in [-0.05, 0) is 0 Å². The Morgan fingerprint density at radius 2 is 1.83 bits per heavy atom. The molecule has 1 rings (SSSR count). The number of rotatable bonds is 0. The van der Waals surface area contributed by atoms with Gasteiger partial charge in [-0.3, -0.25) is 0 Å². The molecule has 1 saturated heterocycles. The second-order valence-electron chi connectivity index (χ2n) is 0.963. The van der Waals surface area contributed by atoms with Crippen LogP contribution in [0.1, 0.15) is 0 Å². The van der Waals surface area contributed by atoms with Crippen LogP contribution in [0.4, 0.5) is 0 Å². The molecule has 0 bridgehead atoms. The molecule has 3 heteroatoms. The van der Waals surface area contributed by atoms with Gasteiger partial charge in [0.1, 0.15) is 0 Å². The summed E-state index contributed by atoms with van der Waals surface area (Å²) in [5.74, 6) is 2.16. The molecule has 0 aromatic carbocycles. The van der Waals surface area contributed by atoms with E-state index in [4.69, 9.17) is 5.41 Å². The maximum Gasteiger partial charge on any atom is 0.152 e. The molecule has 0 aromatic heterocycles. The summed E-state index contributed by atoms with van der Waals surface area (Å²) >= 11 is 3.06. The molecule has 6 heavy (non-hydrogen) atoms. The Labute approximate surface area is 45.4 Å². The van der Waals surface area contributed by atoms with Crippen molar-refractivity contribution in [2.45, 2.75) is 0 Å². The first-order valence-electron chi connectivity index (χ1n) is 1.71. The first-order chi connectivity index (χ1) is 2.89. The monoisotopic (exact) mass is 118 g/mol. The van der Waals surface area contributed by atoms with E-state index in [0.29, 0.717) is 4.38 Å². The van der Waals surface area contributed by atoms with Crippen molar-refractivity contribution in [2.75, 3.05) is 11.5 Å². The SMILES string of the molecule is [N]=C1SCCS1. The minimum absolute atomic E-state index is 0.537. The summed E-state index contributed by atoms with van der Waals surface area (Å²) in [4.78, 5) is 0. The lowest BCUT2D eigenvalue weighted by molar-refractivity contribution is 1.59. The molecule has 0 atom stereocenters. The third kappa shape index (κ3) is 0.914. The van der Waals surface area contributed by atoms with Crippen molar-refractivity contribution in [2.24, 2.45) is 0 Å². The van der Waals surface area contributed by atoms with Crippen LogP contribution in [0.5, 0.6) is 0 Å². The topological polar surface area (TPSA) is 22.3 Å². The number of hydrogen-bond donors (Lipinski definition) is 0. The van der Waals surface area contributed by atoms with Crippen LogP contribution < -0.4 is 5.41 Å². The molecule has 1 nitrogen and oxygen atoms in total. The summed E-state index contributed by atoms with van der Waals surface area (Å²) in [5, 5.41) is 8.57. The highest BCUT2D eigenvalue weighted by atomic mass is 32.2. The highest BCUT2D eigenvalue weighted by molar-refractivity contribution is 8.41. The maximum absolute atomic E-state index is 8.57. The molecule has 0 aliphatic carbocycles. The van der Waals surface area contributed by atoms with E-state index in [1.807, 2.05) is 0 Å². The third-order valence-electron chi connectivity index (χ3n) is 0.534. The summed E-state index contributed by atoms with van der Waals surface area (Å²) in [6.07, 6.45) is 0. The van der Waals surface area contributed by atoms with E-state index >= 15 is 0 Å². The largest absolute Gasteiger partial charge is 0.152 e. The van der Waals surface area contributed by atoms with Crippen LogP contribution in [0.25, 0.3) is 0 Å². The molecule has 0 N–H and O–H groups in total. The zero-order valence-corrected chi connectivity index (χ0v) is 4.81. The van der Waals surface area contributed by atoms with Crippen molar-refractivity contribution in [3.05, 3.63) is 0 Å². The Morgan fingerprint density at radius 1 is 1.33 bits per heavy atom. The molecule has 1 aliphatic heterocycles. The first kappa shape index (κ1) is 4.53. The van der Waals surface area contributed by atoms with Gasteiger partial charge in [0, 0.05) is 11.5 Å². The number of thioether (sulfide) groups is 2. The Hall–Kier alpha value is 0.370. The van der Waals surface area contributed by atoms with E-state index in [1.165, 1.54) is 23.5 Å². The summed E-state index contributed by atoms with van der Waals surface area (Å²) < 4.78 is 0.537. The fourth-order valence-corrected chi connectivity index (χ4v) is 2.15. The molecule has 1 aliphatic rings. The lowest BCUT2D eigenvalue weighted by Gasteiger charge is -1.73. The van der Waals surface area contributed by atoms with E-state index in [1.54, 1.807) is 0 Å². The van der Waals surface area contributed by atoms with Gasteiger partial charge < -0.3 is 0 Å². The third-order valence-corrected chi connectivity index (χ3v) is 2.81. The molecule has 0 spiro atoms. The predicted molar refractivity (Wildman–Crippen MR) is 32.1 cm³/mol. The van der Waals surface area contributed by atoms with Crippen LogP contribution >= 0.6 is 23.5 Å². The Bertz CT molecular complexity index is 63.2. The fourth-order valence-electron chi connectivity index (χ4n) is 0.300. The molecule has 0 unspecified atom stereocenters. The van der Waals surface area contributed by atoms with Crippen LogP contribution in [0, 0.1) is 0 Å². The quantitative estimate of drug-likeness (QED) is 0.465. The van der Waals surface area contributed by atoms with Gasteiger partial charge in [0.15, 0.2) is 4.38 Å². The molecule has 0 saturated carbocycles. The van der Waals surface area contributed by atoms with Crippen molar-refractivity contribution < 1.29 is 0 Å². The van der Waals surface area contributed by atoms with Crippen molar-refractivity contribution >= 4 is 27.9 Å². The van der Waals surface area contributed by atoms with Crippen LogP contribution in [-0.4, -0.2) is 15.9 Å². The van der Waals surface area contributed by atoms with Crippen LogP contribution in [0.3, 0.4) is 0 Å². The van der Waals surface area contributed by atoms with E-state index in [2.05, 4.69) is 0 Å². The highest BCUT2D eigenvalue weighted by Crippen LogP contribution is 2.22. The van der Waals surface area contributed by atoms with Crippen molar-refractivity contribution in [1.29, 1.82) is 0 Å². The highest BCUT2D eigenvalue weighted by Gasteiger charge is 2.06. The van der Waals surface area contributed by atoms with Crippen molar-refractivity contribution in [1.82, 2.24) is 5.41 Å². The summed E-state index contributed by atoms with van der Waals surface area (Å²) in [6, 6.07) is 0. The molecule has 1 radical (unpaired) electrons. The smallest absolute Gasteiger partial charge is 0.135 e. The molecular weight excluding hydrogens is 114 g/mol. The average Bonchev–Trinajstić information content (AvgIpc) is 1.86. The fraction of sp³-hybridized carbons (Fsp3) is 0.667. The minimum atomic E-state index is 0.537. The van der Waals surface area contributed by atoms with Gasteiger partial charge >= 0.3 is 0 Å². The number of nitrogens with zero attached hydrogens (tertiary/aromatic N) is 1. The van der Waals surface area contributed by atoms with Gasteiger partial charge in [-0.1, -0.05) is 23.5 Å². The maximum atomic E-state index is 8.57. The number of hydrogen-bond acceptors (Lipinski definition) is 2. The molecular formula is C3H4NS2. The minimum Gasteiger partial charge on any atom is -0.135 e. The Morgan fingerprint density at radius 3 is 2.00 bits per heavy atom. The summed E-state index contributed by atoms with van der Waals surface area (Å²) in [5.41, 5.74) is 0. The van der Waals surface area contributed by atoms with Gasteiger partial charge in [-0.15, -0.1) is 5.41 Å². The van der Waals surface area contributed by atoms with Gasteiger partial charge in [-0.25, -0.2) is 0 Å². The van der Waals surface area contributed by atoms with E-state index in [9.17, 15) is 0 Å². The van der Waals surface area contributed by atoms with E-state index < -0.39 is 0 Å². The molecule has 0 aromatic rings. The molecule has 1 fully saturated rings. The zero-order valence-electron chi connectivity index (χ0n) is 3.18. The Balaban J connectivity index is 2.37. The predicted octanol–water partition coefficient (Wildman–Crippen LogP) is 0.622. The molecule has 33 valence electrons. The van der Waals surface area contributed by atoms with Gasteiger partial charge in [0.2, 0.25) is 0 Å². The van der Waals surface area contributed by atoms with Crippen molar-refractivity contribution in [3.63, 3.8) is 0 Å². The zero-order chi connectivity index (χ0) is 4.41. The lowest BCUT2D eigenvalue weighted by atomic mass is 11.0. The van der Waals surface area contributed by atoms with Gasteiger partial charge in [-0.2, -0.15) is 0 Å². The van der Waals surface area contributed by atoms with Crippen molar-refractivity contribution in [3.8, 4) is 0 Å². The Kier molecular flexibility index (Phi) is 1.42. The standard InChI is InChI=1S/C3H4NS2/c4-3-5-1-2-6-3/h1-2H2. The first-order valence-corrected chi connectivity index (χ1v) is 3.68. The second kappa shape index (κ2) is 1.89. The molecule has 1 heterocycles. The van der Waals surface area contributed by atoms with Crippen LogP contribution in [0.15, 0.2) is 0 Å². The summed E-state index contributed by atoms with van der Waals surface area (Å²) in [7, 11) is 0. The average molecular weight is 118 g/mol. The summed E-state index contributed by atoms with van der Waals surface area (Å²) in [6.45, 7) is 0.